The van der Waals surface area contributed by atoms with Crippen LogP contribution >= 0.6 is 0 Å². The first-order chi connectivity index (χ1) is 12.3. The van der Waals surface area contributed by atoms with Gasteiger partial charge in [0.1, 0.15) is 17.5 Å². The summed E-state index contributed by atoms with van der Waals surface area (Å²) < 4.78 is 6.05. The van der Waals surface area contributed by atoms with Gasteiger partial charge in [-0.1, -0.05) is 0 Å². The predicted octanol–water partition coefficient (Wildman–Crippen LogP) is 1.72. The summed E-state index contributed by atoms with van der Waals surface area (Å²) in [5, 5.41) is 15.2. The minimum Gasteiger partial charge on any atom is -0.485 e. The monoisotopic (exact) mass is 360 g/mol. The molecule has 0 bridgehead atoms. The van der Waals surface area contributed by atoms with E-state index in [-0.39, 0.29) is 5.91 Å². The van der Waals surface area contributed by atoms with E-state index in [9.17, 15) is 9.90 Å². The molecule has 1 saturated heterocycles. The molecule has 26 heavy (non-hydrogen) atoms. The highest BCUT2D eigenvalue weighted by molar-refractivity contribution is 5.99. The van der Waals surface area contributed by atoms with E-state index in [2.05, 4.69) is 16.1 Å². The second kappa shape index (κ2) is 7.25. The van der Waals surface area contributed by atoms with E-state index in [4.69, 9.17) is 4.74 Å². The highest BCUT2D eigenvalue weighted by atomic mass is 16.5. The predicted molar refractivity (Wildman–Crippen MR) is 99.9 cm³/mol. The molecule has 3 N–H and O–H groups in total. The zero-order chi connectivity index (χ0) is 18.9. The minimum atomic E-state index is -0.806. The molecule has 142 valence electrons. The van der Waals surface area contributed by atoms with E-state index in [0.29, 0.717) is 18.7 Å². The zero-order valence-corrected chi connectivity index (χ0v) is 15.9. The Labute approximate surface area is 154 Å². The first kappa shape index (κ1) is 18.7. The smallest absolute Gasteiger partial charge is 0.223 e. The number of hydrogen-bond donors (Lipinski definition) is 3. The van der Waals surface area contributed by atoms with Crippen molar-refractivity contribution in [2.45, 2.75) is 57.8 Å². The average molecular weight is 360 g/mol. The lowest BCUT2D eigenvalue weighted by molar-refractivity contribution is -0.147. The second-order valence-electron chi connectivity index (χ2n) is 7.45. The number of hydrazone groups is 1. The van der Waals surface area contributed by atoms with Crippen LogP contribution in [0.4, 0.5) is 0 Å². The lowest BCUT2D eigenvalue weighted by Gasteiger charge is -2.47. The Balaban J connectivity index is 2.05. The Morgan fingerprint density at radius 1 is 1.38 bits per heavy atom. The SMILES string of the molecule is CNN/N=C(\C)c1ccc2c(c1)C(N1CCCCC1=O)[C@H](O)C(C)(C)O2. The highest BCUT2D eigenvalue weighted by Crippen LogP contribution is 2.44. The van der Waals surface area contributed by atoms with Crippen molar-refractivity contribution in [2.75, 3.05) is 13.6 Å². The van der Waals surface area contributed by atoms with Crippen LogP contribution in [0.3, 0.4) is 0 Å². The summed E-state index contributed by atoms with van der Waals surface area (Å²) >= 11 is 0. The fourth-order valence-electron chi connectivity index (χ4n) is 3.66. The lowest BCUT2D eigenvalue weighted by Crippen LogP contribution is -2.55. The first-order valence-corrected chi connectivity index (χ1v) is 9.12. The van der Waals surface area contributed by atoms with Gasteiger partial charge in [0.25, 0.3) is 0 Å². The Hall–Kier alpha value is -2.12. The maximum absolute atomic E-state index is 12.6. The standard InChI is InChI=1S/C19H28N4O3/c1-12(21-22-20-4)13-8-9-15-14(11-13)17(18(25)19(2,3)26-15)23-10-6-5-7-16(23)24/h8-9,11,17-18,20,22,25H,5-7,10H2,1-4H3/b21-12+/t17?,18-/m0/s1. The van der Waals surface area contributed by atoms with Gasteiger partial charge in [0, 0.05) is 25.6 Å². The number of rotatable bonds is 4. The van der Waals surface area contributed by atoms with E-state index >= 15 is 0 Å². The third kappa shape index (κ3) is 3.41. The number of hydrogen-bond acceptors (Lipinski definition) is 6. The van der Waals surface area contributed by atoms with Crippen molar-refractivity contribution in [1.29, 1.82) is 0 Å². The van der Waals surface area contributed by atoms with Crippen LogP contribution < -0.4 is 15.7 Å². The molecule has 1 amide bonds. The summed E-state index contributed by atoms with van der Waals surface area (Å²) in [4.78, 5) is 14.4. The van der Waals surface area contributed by atoms with Crippen LogP contribution in [0, 0.1) is 0 Å². The molecule has 0 spiro atoms. The maximum atomic E-state index is 12.6. The van der Waals surface area contributed by atoms with Crippen molar-refractivity contribution < 1.29 is 14.6 Å². The molecule has 1 fully saturated rings. The number of piperidine rings is 1. The topological polar surface area (TPSA) is 86.2 Å². The van der Waals surface area contributed by atoms with Crippen LogP contribution in [0.5, 0.6) is 5.75 Å². The third-order valence-electron chi connectivity index (χ3n) is 5.16. The third-order valence-corrected chi connectivity index (χ3v) is 5.16. The maximum Gasteiger partial charge on any atom is 0.223 e. The van der Waals surface area contributed by atoms with Gasteiger partial charge < -0.3 is 14.7 Å². The van der Waals surface area contributed by atoms with Crippen LogP contribution in [0.1, 0.15) is 57.2 Å². The van der Waals surface area contributed by atoms with E-state index < -0.39 is 17.7 Å². The van der Waals surface area contributed by atoms with Crippen molar-refractivity contribution in [1.82, 2.24) is 15.9 Å². The number of benzene rings is 1. The molecule has 7 heteroatoms. The Bertz CT molecular complexity index is 717. The van der Waals surface area contributed by atoms with Crippen LogP contribution in [-0.2, 0) is 4.79 Å². The summed E-state index contributed by atoms with van der Waals surface area (Å²) in [6.45, 7) is 6.28. The number of amides is 1. The molecule has 0 radical (unpaired) electrons. The zero-order valence-electron chi connectivity index (χ0n) is 15.9. The van der Waals surface area contributed by atoms with E-state index in [1.807, 2.05) is 43.9 Å². The fourth-order valence-corrected chi connectivity index (χ4v) is 3.66. The van der Waals surface area contributed by atoms with Gasteiger partial charge in [0.15, 0.2) is 0 Å². The van der Waals surface area contributed by atoms with Crippen molar-refractivity contribution in [3.05, 3.63) is 29.3 Å². The number of nitrogens with one attached hydrogen (secondary N) is 2. The van der Waals surface area contributed by atoms with E-state index in [1.165, 1.54) is 0 Å². The largest absolute Gasteiger partial charge is 0.485 e. The van der Waals surface area contributed by atoms with Crippen molar-refractivity contribution in [3.63, 3.8) is 0 Å². The number of fused-ring (bicyclic) bond motifs is 1. The number of aliphatic hydroxyl groups is 1. The second-order valence-corrected chi connectivity index (χ2v) is 7.45. The number of nitrogens with zero attached hydrogens (tertiary/aromatic N) is 2. The number of aliphatic hydroxyl groups excluding tert-OH is 1. The van der Waals surface area contributed by atoms with Crippen LogP contribution in [0.25, 0.3) is 0 Å². The van der Waals surface area contributed by atoms with Crippen molar-refractivity contribution in [2.24, 2.45) is 5.10 Å². The van der Waals surface area contributed by atoms with Crippen molar-refractivity contribution in [3.8, 4) is 5.75 Å². The molecule has 2 atom stereocenters. The molecule has 0 aromatic heterocycles. The van der Waals surface area contributed by atoms with Gasteiger partial charge in [-0.05, 0) is 57.4 Å². The molecule has 7 nitrogen and oxygen atoms in total. The van der Waals surface area contributed by atoms with E-state index in [1.54, 1.807) is 7.05 Å². The normalized spacial score (nSPS) is 25.5. The number of hydrazine groups is 1. The van der Waals surface area contributed by atoms with Crippen LogP contribution in [0.15, 0.2) is 23.3 Å². The number of ether oxygens (including phenoxy) is 1. The van der Waals surface area contributed by atoms with Crippen LogP contribution in [-0.4, -0.2) is 46.9 Å². The van der Waals surface area contributed by atoms with Gasteiger partial charge in [-0.2, -0.15) is 5.10 Å². The summed E-state index contributed by atoms with van der Waals surface area (Å²) in [5.41, 5.74) is 7.26. The molecule has 1 aromatic rings. The fraction of sp³-hybridized carbons (Fsp3) is 0.579. The summed E-state index contributed by atoms with van der Waals surface area (Å²) in [6.07, 6.45) is 1.59. The molecular formula is C19H28N4O3. The van der Waals surface area contributed by atoms with Gasteiger partial charge in [-0.25, -0.2) is 11.0 Å². The minimum absolute atomic E-state index is 0.0941. The molecule has 1 unspecified atom stereocenters. The quantitative estimate of drug-likeness (QED) is 0.562. The number of carbonyl (C=O) groups is 1. The molecule has 3 rings (SSSR count). The van der Waals surface area contributed by atoms with Gasteiger partial charge in [-0.15, -0.1) is 0 Å². The molecule has 0 saturated carbocycles. The lowest BCUT2D eigenvalue weighted by atomic mass is 9.84. The summed E-state index contributed by atoms with van der Waals surface area (Å²) in [7, 11) is 1.74. The number of carbonyl (C=O) groups excluding carboxylic acids is 1. The number of likely N-dealkylation sites (tertiary alicyclic amines) is 1. The Morgan fingerprint density at radius 3 is 2.85 bits per heavy atom. The molecule has 0 aliphatic carbocycles. The van der Waals surface area contributed by atoms with Crippen LogP contribution in [0.2, 0.25) is 0 Å². The molecular weight excluding hydrogens is 332 g/mol. The van der Waals surface area contributed by atoms with E-state index in [0.717, 1.165) is 29.7 Å². The van der Waals surface area contributed by atoms with Gasteiger partial charge in [-0.3, -0.25) is 4.79 Å². The first-order valence-electron chi connectivity index (χ1n) is 9.12. The van der Waals surface area contributed by atoms with Gasteiger partial charge >= 0.3 is 0 Å². The molecule has 2 aliphatic rings. The Kier molecular flexibility index (Phi) is 5.20. The van der Waals surface area contributed by atoms with Crippen molar-refractivity contribution >= 4 is 11.6 Å². The molecule has 1 aromatic carbocycles. The summed E-state index contributed by atoms with van der Waals surface area (Å²) in [6, 6.07) is 5.40. The van der Waals surface area contributed by atoms with Gasteiger partial charge in [0.05, 0.1) is 11.8 Å². The average Bonchev–Trinajstić information content (AvgIpc) is 2.61. The van der Waals surface area contributed by atoms with Gasteiger partial charge in [0.2, 0.25) is 5.91 Å². The molecule has 2 heterocycles. The molecule has 2 aliphatic heterocycles. The summed E-state index contributed by atoms with van der Waals surface area (Å²) in [5.74, 6) is 0.804. The Morgan fingerprint density at radius 2 is 2.15 bits per heavy atom. The highest BCUT2D eigenvalue weighted by Gasteiger charge is 2.47.